The Kier molecular flexibility index (Phi) is 3.62. The zero-order chi connectivity index (χ0) is 12.3. The van der Waals surface area contributed by atoms with E-state index in [1.165, 1.54) is 30.9 Å². The van der Waals surface area contributed by atoms with Gasteiger partial charge in [-0.2, -0.15) is 0 Å². The zero-order valence-electron chi connectivity index (χ0n) is 10.2. The van der Waals surface area contributed by atoms with E-state index < -0.39 is 0 Å². The molecule has 1 aliphatic rings. The molecule has 90 valence electrons. The number of rotatable bonds is 2. The maximum absolute atomic E-state index is 10.8. The topological polar surface area (TPSA) is 26.3 Å². The van der Waals surface area contributed by atoms with Gasteiger partial charge in [0.15, 0.2) is 0 Å². The smallest absolute Gasteiger partial charge is 0.308 e. The molecule has 0 bridgehead atoms. The lowest BCUT2D eigenvalue weighted by Crippen LogP contribution is -2.06. The number of hydrogen-bond donors (Lipinski definition) is 0. The van der Waals surface area contributed by atoms with Gasteiger partial charge in [0.05, 0.1) is 0 Å². The number of hydrogen-bond acceptors (Lipinski definition) is 2. The Hall–Kier alpha value is -1.57. The second-order valence-corrected chi connectivity index (χ2v) is 4.69. The minimum absolute atomic E-state index is 0.272. The van der Waals surface area contributed by atoms with E-state index in [9.17, 15) is 4.79 Å². The van der Waals surface area contributed by atoms with Crippen LogP contribution >= 0.6 is 0 Å². The highest BCUT2D eigenvalue weighted by molar-refractivity contribution is 5.69. The summed E-state index contributed by atoms with van der Waals surface area (Å²) in [5.41, 5.74) is 2.71. The summed E-state index contributed by atoms with van der Waals surface area (Å²) in [6, 6.07) is 7.88. The van der Waals surface area contributed by atoms with Crippen LogP contribution in [0.2, 0.25) is 0 Å². The normalized spacial score (nSPS) is 16.9. The second-order valence-electron chi connectivity index (χ2n) is 4.69. The van der Waals surface area contributed by atoms with Crippen LogP contribution in [-0.2, 0) is 4.79 Å². The summed E-state index contributed by atoms with van der Waals surface area (Å²) in [6.07, 6.45) is 4.64. The third-order valence-electron chi connectivity index (χ3n) is 3.31. The first-order valence-electron chi connectivity index (χ1n) is 6.10. The van der Waals surface area contributed by atoms with Crippen molar-refractivity contribution in [2.24, 2.45) is 0 Å². The van der Waals surface area contributed by atoms with Gasteiger partial charge in [-0.15, -0.1) is 0 Å². The first-order chi connectivity index (χ1) is 8.15. The van der Waals surface area contributed by atoms with E-state index in [0.29, 0.717) is 11.7 Å². The van der Waals surface area contributed by atoms with Crippen LogP contribution in [0.1, 0.15) is 44.1 Å². The highest BCUT2D eigenvalue weighted by atomic mass is 16.5. The minimum Gasteiger partial charge on any atom is -0.427 e. The molecule has 0 heterocycles. The van der Waals surface area contributed by atoms with Crippen molar-refractivity contribution in [3.8, 4) is 5.75 Å². The Balaban J connectivity index is 2.02. The van der Waals surface area contributed by atoms with Crippen LogP contribution in [0, 0.1) is 0 Å². The molecule has 0 amide bonds. The molecule has 1 aromatic carbocycles. The Morgan fingerprint density at radius 2 is 1.82 bits per heavy atom. The lowest BCUT2D eigenvalue weighted by molar-refractivity contribution is -0.131. The standard InChI is InChI=1S/C15H18O2/c1-11-3-5-13(6-4-11)14-7-9-15(10-8-14)17-12(2)16/h7-10,13H,1,3-6H2,2H3. The molecule has 2 nitrogen and oxygen atoms in total. The highest BCUT2D eigenvalue weighted by Crippen LogP contribution is 2.35. The molecule has 0 aromatic heterocycles. The SMILES string of the molecule is C=C1CCC(c2ccc(OC(C)=O)cc2)CC1. The lowest BCUT2D eigenvalue weighted by atomic mass is 9.82. The van der Waals surface area contributed by atoms with Crippen molar-refractivity contribution in [1.82, 2.24) is 0 Å². The average Bonchev–Trinajstić information content (AvgIpc) is 2.30. The number of esters is 1. The Morgan fingerprint density at radius 3 is 2.35 bits per heavy atom. The highest BCUT2D eigenvalue weighted by Gasteiger charge is 2.17. The third-order valence-corrected chi connectivity index (χ3v) is 3.31. The van der Waals surface area contributed by atoms with Gasteiger partial charge in [-0.25, -0.2) is 0 Å². The van der Waals surface area contributed by atoms with Gasteiger partial charge in [0, 0.05) is 6.92 Å². The molecular formula is C15H18O2. The molecular weight excluding hydrogens is 212 g/mol. The average molecular weight is 230 g/mol. The summed E-state index contributed by atoms with van der Waals surface area (Å²) in [4.78, 5) is 10.8. The fraction of sp³-hybridized carbons (Fsp3) is 0.400. The van der Waals surface area contributed by atoms with E-state index in [2.05, 4.69) is 18.7 Å². The number of benzene rings is 1. The van der Waals surface area contributed by atoms with Crippen LogP contribution in [0.5, 0.6) is 5.75 Å². The van der Waals surface area contributed by atoms with Gasteiger partial charge < -0.3 is 4.74 Å². The van der Waals surface area contributed by atoms with Crippen LogP contribution in [0.15, 0.2) is 36.4 Å². The van der Waals surface area contributed by atoms with Gasteiger partial charge in [0.25, 0.3) is 0 Å². The van der Waals surface area contributed by atoms with Gasteiger partial charge >= 0.3 is 5.97 Å². The van der Waals surface area contributed by atoms with E-state index in [1.807, 2.05) is 12.1 Å². The largest absolute Gasteiger partial charge is 0.427 e. The van der Waals surface area contributed by atoms with Gasteiger partial charge in [-0.3, -0.25) is 4.79 Å². The molecule has 1 fully saturated rings. The Labute approximate surface area is 102 Å². The predicted molar refractivity (Wildman–Crippen MR) is 68.1 cm³/mol. The van der Waals surface area contributed by atoms with E-state index in [1.54, 1.807) is 0 Å². The molecule has 0 unspecified atom stereocenters. The summed E-state index contributed by atoms with van der Waals surface area (Å²) in [7, 11) is 0. The zero-order valence-corrected chi connectivity index (χ0v) is 10.2. The van der Waals surface area contributed by atoms with Crippen LogP contribution in [0.3, 0.4) is 0 Å². The molecule has 0 aliphatic heterocycles. The Morgan fingerprint density at radius 1 is 1.24 bits per heavy atom. The van der Waals surface area contributed by atoms with Crippen LogP contribution in [0.4, 0.5) is 0 Å². The van der Waals surface area contributed by atoms with Crippen molar-refractivity contribution >= 4 is 5.97 Å². The molecule has 17 heavy (non-hydrogen) atoms. The van der Waals surface area contributed by atoms with E-state index in [4.69, 9.17) is 4.74 Å². The van der Waals surface area contributed by atoms with E-state index in [-0.39, 0.29) is 5.97 Å². The fourth-order valence-corrected chi connectivity index (χ4v) is 2.33. The second kappa shape index (κ2) is 5.17. The van der Waals surface area contributed by atoms with Crippen molar-refractivity contribution in [2.45, 2.75) is 38.5 Å². The number of allylic oxidation sites excluding steroid dienone is 1. The predicted octanol–water partition coefficient (Wildman–Crippen LogP) is 3.83. The number of carbonyl (C=O) groups excluding carboxylic acids is 1. The molecule has 0 spiro atoms. The maximum Gasteiger partial charge on any atom is 0.308 e. The molecule has 1 aliphatic carbocycles. The summed E-state index contributed by atoms with van der Waals surface area (Å²) in [5, 5.41) is 0. The molecule has 2 heteroatoms. The van der Waals surface area contributed by atoms with Crippen molar-refractivity contribution < 1.29 is 9.53 Å². The molecule has 0 radical (unpaired) electrons. The first-order valence-corrected chi connectivity index (χ1v) is 6.10. The quantitative estimate of drug-likeness (QED) is 0.438. The van der Waals surface area contributed by atoms with Crippen LogP contribution in [0.25, 0.3) is 0 Å². The van der Waals surface area contributed by atoms with E-state index in [0.717, 1.165) is 12.8 Å². The van der Waals surface area contributed by atoms with E-state index >= 15 is 0 Å². The van der Waals surface area contributed by atoms with Crippen molar-refractivity contribution in [3.63, 3.8) is 0 Å². The van der Waals surface area contributed by atoms with Crippen molar-refractivity contribution in [1.29, 1.82) is 0 Å². The van der Waals surface area contributed by atoms with Gasteiger partial charge in [-0.1, -0.05) is 24.3 Å². The minimum atomic E-state index is -0.272. The van der Waals surface area contributed by atoms with Gasteiger partial charge in [0.2, 0.25) is 0 Å². The monoisotopic (exact) mass is 230 g/mol. The maximum atomic E-state index is 10.8. The molecule has 0 N–H and O–H groups in total. The van der Waals surface area contributed by atoms with Crippen molar-refractivity contribution in [3.05, 3.63) is 42.0 Å². The first kappa shape index (κ1) is 11.9. The summed E-state index contributed by atoms with van der Waals surface area (Å²) in [5.74, 6) is 0.986. The molecule has 1 aromatic rings. The van der Waals surface area contributed by atoms with Gasteiger partial charge in [-0.05, 0) is 49.3 Å². The van der Waals surface area contributed by atoms with Crippen LogP contribution in [-0.4, -0.2) is 5.97 Å². The molecule has 0 atom stereocenters. The molecule has 0 saturated heterocycles. The molecule has 1 saturated carbocycles. The number of carbonyl (C=O) groups is 1. The third kappa shape index (κ3) is 3.19. The van der Waals surface area contributed by atoms with Crippen LogP contribution < -0.4 is 4.74 Å². The number of ether oxygens (including phenoxy) is 1. The fourth-order valence-electron chi connectivity index (χ4n) is 2.33. The summed E-state index contributed by atoms with van der Waals surface area (Å²) in [6.45, 7) is 5.45. The lowest BCUT2D eigenvalue weighted by Gasteiger charge is -2.23. The van der Waals surface area contributed by atoms with Crippen molar-refractivity contribution in [2.75, 3.05) is 0 Å². The molecule has 2 rings (SSSR count). The van der Waals surface area contributed by atoms with Gasteiger partial charge in [0.1, 0.15) is 5.75 Å². The summed E-state index contributed by atoms with van der Waals surface area (Å²) < 4.78 is 5.02. The Bertz CT molecular complexity index is 407. The summed E-state index contributed by atoms with van der Waals surface area (Å²) >= 11 is 0.